The first-order valence-corrected chi connectivity index (χ1v) is 7.01. The van der Waals surface area contributed by atoms with Crippen molar-refractivity contribution in [1.29, 1.82) is 0 Å². The number of ether oxygens (including phenoxy) is 1. The van der Waals surface area contributed by atoms with Gasteiger partial charge in [-0.1, -0.05) is 43.3 Å². The minimum Gasteiger partial charge on any atom is -0.489 e. The Balaban J connectivity index is 2.07. The van der Waals surface area contributed by atoms with Gasteiger partial charge in [-0.2, -0.15) is 0 Å². The van der Waals surface area contributed by atoms with E-state index in [9.17, 15) is 4.79 Å². The zero-order chi connectivity index (χ0) is 15.1. The molecule has 2 rings (SSSR count). The van der Waals surface area contributed by atoms with Gasteiger partial charge in [0.05, 0.1) is 6.42 Å². The summed E-state index contributed by atoms with van der Waals surface area (Å²) >= 11 is 0. The van der Waals surface area contributed by atoms with Crippen LogP contribution in [0.4, 0.5) is 0 Å². The Bertz CT molecular complexity index is 611. The number of aryl methyl sites for hydroxylation is 1. The second-order valence-corrected chi connectivity index (χ2v) is 4.80. The number of carbonyl (C=O) groups is 1. The number of hydrogen-bond donors (Lipinski definition) is 2. The molecule has 4 heteroatoms. The summed E-state index contributed by atoms with van der Waals surface area (Å²) in [6.45, 7) is 2.54. The highest BCUT2D eigenvalue weighted by molar-refractivity contribution is 5.78. The molecule has 0 heterocycles. The van der Waals surface area contributed by atoms with Crippen LogP contribution in [0, 0.1) is 0 Å². The van der Waals surface area contributed by atoms with E-state index in [1.807, 2.05) is 42.5 Å². The van der Waals surface area contributed by atoms with E-state index in [4.69, 9.17) is 10.6 Å². The van der Waals surface area contributed by atoms with Gasteiger partial charge >= 0.3 is 0 Å². The normalized spacial score (nSPS) is 10.2. The lowest BCUT2D eigenvalue weighted by atomic mass is 10.0. The molecule has 0 aromatic heterocycles. The molecule has 2 aromatic rings. The summed E-state index contributed by atoms with van der Waals surface area (Å²) in [7, 11) is 0. The maximum atomic E-state index is 11.4. The molecule has 0 fully saturated rings. The molecule has 21 heavy (non-hydrogen) atoms. The Morgan fingerprint density at radius 2 is 1.90 bits per heavy atom. The smallest absolute Gasteiger partial charge is 0.238 e. The van der Waals surface area contributed by atoms with E-state index < -0.39 is 0 Å². The minimum atomic E-state index is -0.213. The van der Waals surface area contributed by atoms with Crippen molar-refractivity contribution >= 4 is 5.91 Å². The number of amides is 1. The maximum Gasteiger partial charge on any atom is 0.238 e. The Morgan fingerprint density at radius 1 is 1.14 bits per heavy atom. The van der Waals surface area contributed by atoms with Crippen molar-refractivity contribution in [2.45, 2.75) is 26.4 Å². The van der Waals surface area contributed by atoms with Crippen LogP contribution in [0.3, 0.4) is 0 Å². The zero-order valence-corrected chi connectivity index (χ0v) is 12.1. The third-order valence-electron chi connectivity index (χ3n) is 3.33. The summed E-state index contributed by atoms with van der Waals surface area (Å²) in [4.78, 5) is 11.4. The largest absolute Gasteiger partial charge is 0.489 e. The van der Waals surface area contributed by atoms with Gasteiger partial charge in [0.1, 0.15) is 12.4 Å². The molecule has 0 radical (unpaired) electrons. The fraction of sp³-hybridized carbons (Fsp3) is 0.235. The first-order valence-electron chi connectivity index (χ1n) is 7.01. The molecular formula is C17H20N2O2. The average molecular weight is 284 g/mol. The SMILES string of the molecule is CCc1cccc(OCc2ccccc2CC(=O)NN)c1. The monoisotopic (exact) mass is 284 g/mol. The summed E-state index contributed by atoms with van der Waals surface area (Å²) in [5.41, 5.74) is 5.30. The van der Waals surface area contributed by atoms with E-state index in [0.29, 0.717) is 6.61 Å². The third kappa shape index (κ3) is 4.33. The van der Waals surface area contributed by atoms with Gasteiger partial charge < -0.3 is 4.74 Å². The van der Waals surface area contributed by atoms with Crippen molar-refractivity contribution in [2.75, 3.05) is 0 Å². The van der Waals surface area contributed by atoms with Crippen molar-refractivity contribution in [3.8, 4) is 5.75 Å². The lowest BCUT2D eigenvalue weighted by Gasteiger charge is -2.11. The van der Waals surface area contributed by atoms with Gasteiger partial charge in [-0.25, -0.2) is 5.84 Å². The van der Waals surface area contributed by atoms with E-state index in [-0.39, 0.29) is 12.3 Å². The number of nitrogens with one attached hydrogen (secondary N) is 1. The predicted molar refractivity (Wildman–Crippen MR) is 82.6 cm³/mol. The summed E-state index contributed by atoms with van der Waals surface area (Å²) in [6.07, 6.45) is 1.23. The molecule has 0 spiro atoms. The topological polar surface area (TPSA) is 64.3 Å². The molecule has 0 aliphatic heterocycles. The zero-order valence-electron chi connectivity index (χ0n) is 12.1. The Labute approximate surface area is 124 Å². The van der Waals surface area contributed by atoms with Gasteiger partial charge in [0.25, 0.3) is 0 Å². The molecule has 2 aromatic carbocycles. The maximum absolute atomic E-state index is 11.4. The standard InChI is InChI=1S/C17H20N2O2/c1-2-13-6-5-9-16(10-13)21-12-15-8-4-3-7-14(15)11-17(20)19-18/h3-10H,2,11-12,18H2,1H3,(H,19,20). The lowest BCUT2D eigenvalue weighted by molar-refractivity contribution is -0.120. The molecule has 0 aliphatic rings. The van der Waals surface area contributed by atoms with Crippen LogP contribution in [0.2, 0.25) is 0 Å². The summed E-state index contributed by atoms with van der Waals surface area (Å²) in [5.74, 6) is 5.76. The molecule has 0 unspecified atom stereocenters. The highest BCUT2D eigenvalue weighted by atomic mass is 16.5. The van der Waals surface area contributed by atoms with Gasteiger partial charge in [0.2, 0.25) is 5.91 Å². The molecule has 0 saturated heterocycles. The van der Waals surface area contributed by atoms with Crippen molar-refractivity contribution in [2.24, 2.45) is 5.84 Å². The van der Waals surface area contributed by atoms with Crippen LogP contribution in [-0.2, 0) is 24.2 Å². The van der Waals surface area contributed by atoms with Crippen LogP contribution < -0.4 is 16.0 Å². The van der Waals surface area contributed by atoms with Gasteiger partial charge in [-0.15, -0.1) is 0 Å². The molecule has 1 amide bonds. The molecule has 0 atom stereocenters. The van der Waals surface area contributed by atoms with Gasteiger partial charge in [0, 0.05) is 0 Å². The predicted octanol–water partition coefficient (Wildman–Crippen LogP) is 2.36. The van der Waals surface area contributed by atoms with Crippen molar-refractivity contribution in [1.82, 2.24) is 5.43 Å². The molecular weight excluding hydrogens is 264 g/mol. The van der Waals surface area contributed by atoms with Crippen LogP contribution in [0.5, 0.6) is 5.75 Å². The van der Waals surface area contributed by atoms with E-state index in [1.165, 1.54) is 5.56 Å². The second kappa shape index (κ2) is 7.45. The number of benzene rings is 2. The van der Waals surface area contributed by atoms with Crippen LogP contribution in [0.1, 0.15) is 23.6 Å². The highest BCUT2D eigenvalue weighted by Gasteiger charge is 2.07. The number of hydrazine groups is 1. The molecule has 3 N–H and O–H groups in total. The molecule has 0 saturated carbocycles. The van der Waals surface area contributed by atoms with E-state index in [2.05, 4.69) is 18.4 Å². The number of rotatable bonds is 6. The Morgan fingerprint density at radius 3 is 2.62 bits per heavy atom. The fourth-order valence-electron chi connectivity index (χ4n) is 2.11. The van der Waals surface area contributed by atoms with Crippen LogP contribution in [0.25, 0.3) is 0 Å². The Hall–Kier alpha value is -2.33. The van der Waals surface area contributed by atoms with Crippen LogP contribution >= 0.6 is 0 Å². The first-order chi connectivity index (χ1) is 10.2. The Kier molecular flexibility index (Phi) is 5.35. The average Bonchev–Trinajstić information content (AvgIpc) is 2.54. The number of carbonyl (C=O) groups excluding carboxylic acids is 1. The quantitative estimate of drug-likeness (QED) is 0.486. The minimum absolute atomic E-state index is 0.213. The molecule has 4 nitrogen and oxygen atoms in total. The van der Waals surface area contributed by atoms with Crippen molar-refractivity contribution in [3.63, 3.8) is 0 Å². The van der Waals surface area contributed by atoms with Gasteiger partial charge in [0.15, 0.2) is 0 Å². The van der Waals surface area contributed by atoms with Crippen molar-refractivity contribution in [3.05, 3.63) is 65.2 Å². The number of hydrogen-bond acceptors (Lipinski definition) is 3. The second-order valence-electron chi connectivity index (χ2n) is 4.80. The summed E-state index contributed by atoms with van der Waals surface area (Å²) in [5, 5.41) is 0. The van der Waals surface area contributed by atoms with Crippen molar-refractivity contribution < 1.29 is 9.53 Å². The molecule has 0 bridgehead atoms. The molecule has 0 aliphatic carbocycles. The van der Waals surface area contributed by atoms with Crippen LogP contribution in [-0.4, -0.2) is 5.91 Å². The summed E-state index contributed by atoms with van der Waals surface area (Å²) < 4.78 is 5.83. The van der Waals surface area contributed by atoms with Gasteiger partial charge in [-0.05, 0) is 35.2 Å². The van der Waals surface area contributed by atoms with E-state index in [1.54, 1.807) is 0 Å². The lowest BCUT2D eigenvalue weighted by Crippen LogP contribution is -2.31. The molecule has 110 valence electrons. The third-order valence-corrected chi connectivity index (χ3v) is 3.33. The van der Waals surface area contributed by atoms with E-state index >= 15 is 0 Å². The fourth-order valence-corrected chi connectivity index (χ4v) is 2.11. The first kappa shape index (κ1) is 15.1. The highest BCUT2D eigenvalue weighted by Crippen LogP contribution is 2.17. The van der Waals surface area contributed by atoms with Gasteiger partial charge in [-0.3, -0.25) is 10.2 Å². The van der Waals surface area contributed by atoms with Crippen LogP contribution in [0.15, 0.2) is 48.5 Å². The number of nitrogens with two attached hydrogens (primary N) is 1. The summed E-state index contributed by atoms with van der Waals surface area (Å²) in [6, 6.07) is 15.8. The van der Waals surface area contributed by atoms with E-state index in [0.717, 1.165) is 23.3 Å².